The van der Waals surface area contributed by atoms with Gasteiger partial charge in [0.2, 0.25) is 0 Å². The number of halogens is 1. The van der Waals surface area contributed by atoms with Crippen LogP contribution in [-0.2, 0) is 0 Å². The van der Waals surface area contributed by atoms with E-state index in [9.17, 15) is 0 Å². The summed E-state index contributed by atoms with van der Waals surface area (Å²) in [5.41, 5.74) is 0. The molecule has 0 aliphatic rings. The molecule has 0 saturated heterocycles. The highest BCUT2D eigenvalue weighted by atomic mass is 35.5. The van der Waals surface area contributed by atoms with Crippen molar-refractivity contribution in [2.45, 2.75) is 155 Å². The fourth-order valence-corrected chi connectivity index (χ4v) is 4.31. The molecule has 0 N–H and O–H groups in total. The summed E-state index contributed by atoms with van der Waals surface area (Å²) in [7, 11) is 4.72. The first kappa shape index (κ1) is 32.4. The van der Waals surface area contributed by atoms with Crippen molar-refractivity contribution in [3.63, 3.8) is 0 Å². The van der Waals surface area contributed by atoms with Gasteiger partial charge in [-0.3, -0.25) is 0 Å². The molecule has 0 radical (unpaired) electrons. The van der Waals surface area contributed by atoms with E-state index in [0.29, 0.717) is 0 Å². The van der Waals surface area contributed by atoms with Gasteiger partial charge in [-0.1, -0.05) is 135 Å². The van der Waals surface area contributed by atoms with Gasteiger partial charge in [-0.25, -0.2) is 0 Å². The Morgan fingerprint density at radius 1 is 0.367 bits per heavy atom. The van der Waals surface area contributed by atoms with Gasteiger partial charge in [0.15, 0.2) is 0 Å². The predicted octanol–water partition coefficient (Wildman–Crippen LogP) is 6.69. The van der Waals surface area contributed by atoms with Gasteiger partial charge in [0.05, 0.1) is 27.2 Å². The fraction of sp³-hybridized carbons (Fsp3) is 1.00. The maximum Gasteiger partial charge on any atom is 0.0782 e. The standard InChI is InChI=1S/C28H60N.ClH/c1-5-7-8-9-10-11-12-13-14-15-16-17-18-19-20-21-22-23-24-25-26-27-28-29(3,4)6-2;/h5-28H2,1-4H3;1H/q+1;/p-1. The SMILES string of the molecule is CCCCCCCCCCCCCCCCCCCCCCCC[N+](C)(C)CC.[Cl-]. The third-order valence-corrected chi connectivity index (χ3v) is 6.97. The van der Waals surface area contributed by atoms with Crippen LogP contribution in [0.15, 0.2) is 0 Å². The van der Waals surface area contributed by atoms with Crippen LogP contribution >= 0.6 is 0 Å². The molecule has 2 heteroatoms. The van der Waals surface area contributed by atoms with Gasteiger partial charge in [-0.15, -0.1) is 0 Å². The zero-order valence-electron chi connectivity index (χ0n) is 21.8. The lowest BCUT2D eigenvalue weighted by Crippen LogP contribution is -3.00. The third kappa shape index (κ3) is 26.3. The highest BCUT2D eigenvalue weighted by molar-refractivity contribution is 4.51. The van der Waals surface area contributed by atoms with E-state index < -0.39 is 0 Å². The van der Waals surface area contributed by atoms with Crippen LogP contribution in [0.25, 0.3) is 0 Å². The van der Waals surface area contributed by atoms with E-state index in [4.69, 9.17) is 0 Å². The van der Waals surface area contributed by atoms with Crippen molar-refractivity contribution in [2.24, 2.45) is 0 Å². The predicted molar refractivity (Wildman–Crippen MR) is 135 cm³/mol. The molecule has 0 spiro atoms. The van der Waals surface area contributed by atoms with E-state index in [0.717, 1.165) is 0 Å². The molecule has 0 bridgehead atoms. The monoisotopic (exact) mass is 445 g/mol. The van der Waals surface area contributed by atoms with Crippen molar-refractivity contribution in [1.82, 2.24) is 0 Å². The average molecular weight is 446 g/mol. The van der Waals surface area contributed by atoms with Crippen LogP contribution < -0.4 is 12.4 Å². The van der Waals surface area contributed by atoms with Crippen molar-refractivity contribution in [1.29, 1.82) is 0 Å². The Hall–Kier alpha value is 0.250. The van der Waals surface area contributed by atoms with Crippen LogP contribution in [0, 0.1) is 0 Å². The van der Waals surface area contributed by atoms with Crippen molar-refractivity contribution in [2.75, 3.05) is 27.2 Å². The second-order valence-electron chi connectivity index (χ2n) is 10.4. The molecule has 0 atom stereocenters. The minimum Gasteiger partial charge on any atom is -1.00 e. The minimum absolute atomic E-state index is 0. The molecule has 0 fully saturated rings. The molecule has 0 rings (SSSR count). The average Bonchev–Trinajstić information content (AvgIpc) is 2.71. The number of quaternary nitrogens is 1. The first-order valence-corrected chi connectivity index (χ1v) is 13.9. The summed E-state index contributed by atoms with van der Waals surface area (Å²) < 4.78 is 1.19. The summed E-state index contributed by atoms with van der Waals surface area (Å²) in [4.78, 5) is 0. The molecule has 0 aromatic rings. The molecule has 0 amide bonds. The van der Waals surface area contributed by atoms with E-state index >= 15 is 0 Å². The van der Waals surface area contributed by atoms with Crippen molar-refractivity contribution >= 4 is 0 Å². The Balaban J connectivity index is 0. The van der Waals surface area contributed by atoms with Gasteiger partial charge in [0, 0.05) is 0 Å². The van der Waals surface area contributed by atoms with E-state index in [-0.39, 0.29) is 12.4 Å². The zero-order chi connectivity index (χ0) is 21.5. The molecule has 0 saturated carbocycles. The van der Waals surface area contributed by atoms with Crippen molar-refractivity contribution in [3.05, 3.63) is 0 Å². The van der Waals surface area contributed by atoms with Crippen LogP contribution in [0.3, 0.4) is 0 Å². The summed E-state index contributed by atoms with van der Waals surface area (Å²) in [6.07, 6.45) is 32.4. The first-order chi connectivity index (χ1) is 14.1. The number of unbranched alkanes of at least 4 members (excludes halogenated alkanes) is 21. The number of hydrogen-bond acceptors (Lipinski definition) is 0. The van der Waals surface area contributed by atoms with Crippen LogP contribution in [-0.4, -0.2) is 31.7 Å². The Kier molecular flexibility index (Phi) is 27.6. The number of hydrogen-bond donors (Lipinski definition) is 0. The fourth-order valence-electron chi connectivity index (χ4n) is 4.31. The summed E-state index contributed by atoms with van der Waals surface area (Å²) >= 11 is 0. The van der Waals surface area contributed by atoms with Crippen LogP contribution in [0.4, 0.5) is 0 Å². The largest absolute Gasteiger partial charge is 1.00 e. The molecule has 0 aliphatic carbocycles. The highest BCUT2D eigenvalue weighted by Gasteiger charge is 2.09. The number of nitrogens with zero attached hydrogens (tertiary/aromatic N) is 1. The van der Waals surface area contributed by atoms with E-state index in [2.05, 4.69) is 27.9 Å². The first-order valence-electron chi connectivity index (χ1n) is 13.9. The molecule has 0 aromatic carbocycles. The van der Waals surface area contributed by atoms with Gasteiger partial charge in [0.25, 0.3) is 0 Å². The Morgan fingerprint density at radius 2 is 0.600 bits per heavy atom. The highest BCUT2D eigenvalue weighted by Crippen LogP contribution is 2.15. The van der Waals surface area contributed by atoms with Gasteiger partial charge in [-0.2, -0.15) is 0 Å². The lowest BCUT2D eigenvalue weighted by Gasteiger charge is -2.28. The summed E-state index contributed by atoms with van der Waals surface area (Å²) in [5, 5.41) is 0. The van der Waals surface area contributed by atoms with Gasteiger partial charge >= 0.3 is 0 Å². The smallest absolute Gasteiger partial charge is 0.0782 e. The Morgan fingerprint density at radius 3 is 0.833 bits per heavy atom. The van der Waals surface area contributed by atoms with Crippen LogP contribution in [0.2, 0.25) is 0 Å². The second-order valence-corrected chi connectivity index (χ2v) is 10.4. The molecular formula is C28H60ClN. The second kappa shape index (κ2) is 25.5. The quantitative estimate of drug-likeness (QED) is 0.115. The molecule has 0 heterocycles. The molecule has 30 heavy (non-hydrogen) atoms. The zero-order valence-corrected chi connectivity index (χ0v) is 22.6. The van der Waals surface area contributed by atoms with Crippen molar-refractivity contribution < 1.29 is 16.9 Å². The van der Waals surface area contributed by atoms with Crippen LogP contribution in [0.1, 0.15) is 155 Å². The Labute approximate surface area is 199 Å². The van der Waals surface area contributed by atoms with Crippen molar-refractivity contribution in [3.8, 4) is 0 Å². The molecule has 1 nitrogen and oxygen atoms in total. The maximum atomic E-state index is 2.36. The van der Waals surface area contributed by atoms with E-state index in [1.807, 2.05) is 0 Å². The third-order valence-electron chi connectivity index (χ3n) is 6.97. The summed E-state index contributed by atoms with van der Waals surface area (Å²) in [5.74, 6) is 0. The summed E-state index contributed by atoms with van der Waals surface area (Å²) in [6.45, 7) is 7.23. The summed E-state index contributed by atoms with van der Waals surface area (Å²) in [6, 6.07) is 0. The lowest BCUT2D eigenvalue weighted by molar-refractivity contribution is -0.888. The van der Waals surface area contributed by atoms with Gasteiger partial charge < -0.3 is 16.9 Å². The topological polar surface area (TPSA) is 0 Å². The molecule has 0 aromatic heterocycles. The molecular weight excluding hydrogens is 386 g/mol. The van der Waals surface area contributed by atoms with E-state index in [1.165, 1.54) is 159 Å². The lowest BCUT2D eigenvalue weighted by atomic mass is 10.0. The molecule has 0 unspecified atom stereocenters. The normalized spacial score (nSPS) is 11.6. The van der Waals surface area contributed by atoms with Gasteiger partial charge in [0.1, 0.15) is 0 Å². The number of rotatable bonds is 24. The van der Waals surface area contributed by atoms with E-state index in [1.54, 1.807) is 0 Å². The van der Waals surface area contributed by atoms with Crippen LogP contribution in [0.5, 0.6) is 0 Å². The molecule has 0 aliphatic heterocycles. The molecule has 184 valence electrons. The maximum absolute atomic E-state index is 2.36. The Bertz CT molecular complexity index is 303. The minimum atomic E-state index is 0. The van der Waals surface area contributed by atoms with Gasteiger partial charge in [-0.05, 0) is 19.8 Å².